The van der Waals surface area contributed by atoms with E-state index < -0.39 is 0 Å². The number of rotatable bonds is 5. The average molecular weight is 259 g/mol. The summed E-state index contributed by atoms with van der Waals surface area (Å²) in [6, 6.07) is 8.43. The molecule has 0 fully saturated rings. The smallest absolute Gasteiger partial charge is 0.151 e. The van der Waals surface area contributed by atoms with Gasteiger partial charge in [-0.05, 0) is 38.5 Å². The van der Waals surface area contributed by atoms with E-state index >= 15 is 0 Å². The molecule has 0 amide bonds. The van der Waals surface area contributed by atoms with Gasteiger partial charge >= 0.3 is 0 Å². The summed E-state index contributed by atoms with van der Waals surface area (Å²) in [5.41, 5.74) is 2.38. The summed E-state index contributed by atoms with van der Waals surface area (Å²) in [5.74, 6) is 1.83. The molecule has 1 aromatic heterocycles. The first-order valence-corrected chi connectivity index (χ1v) is 6.52. The summed E-state index contributed by atoms with van der Waals surface area (Å²) in [7, 11) is 1.68. The third-order valence-corrected chi connectivity index (χ3v) is 3.06. The first-order chi connectivity index (χ1) is 9.10. The van der Waals surface area contributed by atoms with E-state index in [-0.39, 0.29) is 0 Å². The van der Waals surface area contributed by atoms with Crippen molar-refractivity contribution in [2.24, 2.45) is 0 Å². The van der Waals surface area contributed by atoms with E-state index in [9.17, 15) is 0 Å². The minimum Gasteiger partial charge on any atom is -0.497 e. The molecule has 0 bridgehead atoms. The lowest BCUT2D eigenvalue weighted by atomic mass is 10.2. The number of nitrogens with zero attached hydrogens (tertiary/aromatic N) is 2. The van der Waals surface area contributed by atoms with E-state index in [1.807, 2.05) is 16.8 Å². The van der Waals surface area contributed by atoms with Gasteiger partial charge in [0.1, 0.15) is 5.75 Å². The van der Waals surface area contributed by atoms with Gasteiger partial charge in [0.15, 0.2) is 5.82 Å². The van der Waals surface area contributed by atoms with Gasteiger partial charge in [0.05, 0.1) is 7.11 Å². The maximum Gasteiger partial charge on any atom is 0.151 e. The molecule has 4 heteroatoms. The molecule has 1 aromatic carbocycles. The number of hydrogen-bond donors (Lipinski definition) is 1. The minimum atomic E-state index is 0.384. The van der Waals surface area contributed by atoms with Crippen molar-refractivity contribution in [1.82, 2.24) is 9.78 Å². The highest BCUT2D eigenvalue weighted by Crippen LogP contribution is 2.17. The maximum atomic E-state index is 5.14. The molecule has 2 rings (SSSR count). The normalized spacial score (nSPS) is 10.8. The maximum absolute atomic E-state index is 5.14. The van der Waals surface area contributed by atoms with Crippen LogP contribution in [0.15, 0.2) is 30.5 Å². The lowest BCUT2D eigenvalue weighted by molar-refractivity contribution is 0.414. The van der Waals surface area contributed by atoms with E-state index in [1.54, 1.807) is 7.11 Å². The summed E-state index contributed by atoms with van der Waals surface area (Å²) in [4.78, 5) is 0. The number of aromatic nitrogens is 2. The SMILES string of the molecule is COc1ccc(CNc2nn(C(C)C)cc2C)cc1. The molecule has 0 saturated heterocycles. The van der Waals surface area contributed by atoms with Crippen molar-refractivity contribution in [3.63, 3.8) is 0 Å². The number of aryl methyl sites for hydroxylation is 1. The van der Waals surface area contributed by atoms with Crippen LogP contribution in [-0.2, 0) is 6.54 Å². The van der Waals surface area contributed by atoms with Gasteiger partial charge in [-0.2, -0.15) is 5.10 Å². The van der Waals surface area contributed by atoms with Crippen molar-refractivity contribution in [2.75, 3.05) is 12.4 Å². The van der Waals surface area contributed by atoms with Crippen molar-refractivity contribution in [3.8, 4) is 5.75 Å². The molecule has 19 heavy (non-hydrogen) atoms. The van der Waals surface area contributed by atoms with Gasteiger partial charge < -0.3 is 10.1 Å². The molecular formula is C15H21N3O. The van der Waals surface area contributed by atoms with Gasteiger partial charge in [-0.25, -0.2) is 0 Å². The summed E-state index contributed by atoms with van der Waals surface area (Å²) < 4.78 is 7.12. The van der Waals surface area contributed by atoms with Crippen LogP contribution >= 0.6 is 0 Å². The summed E-state index contributed by atoms with van der Waals surface area (Å²) >= 11 is 0. The molecule has 0 spiro atoms. The standard InChI is InChI=1S/C15H21N3O/c1-11(2)18-10-12(3)15(17-18)16-9-13-5-7-14(19-4)8-6-13/h5-8,10-11H,9H2,1-4H3,(H,16,17). The molecule has 0 saturated carbocycles. The Morgan fingerprint density at radius 1 is 1.26 bits per heavy atom. The molecule has 0 unspecified atom stereocenters. The van der Waals surface area contributed by atoms with Crippen LogP contribution in [0.25, 0.3) is 0 Å². The fraction of sp³-hybridized carbons (Fsp3) is 0.400. The second-order valence-corrected chi connectivity index (χ2v) is 4.94. The Bertz CT molecular complexity index is 529. The Morgan fingerprint density at radius 3 is 2.47 bits per heavy atom. The van der Waals surface area contributed by atoms with Gasteiger partial charge in [-0.3, -0.25) is 4.68 Å². The van der Waals surface area contributed by atoms with E-state index in [0.717, 1.165) is 18.1 Å². The van der Waals surface area contributed by atoms with Crippen molar-refractivity contribution in [1.29, 1.82) is 0 Å². The molecule has 0 aliphatic heterocycles. The van der Waals surface area contributed by atoms with E-state index in [0.29, 0.717) is 6.04 Å². The van der Waals surface area contributed by atoms with Crippen LogP contribution < -0.4 is 10.1 Å². The van der Waals surface area contributed by atoms with Gasteiger partial charge in [0.2, 0.25) is 0 Å². The van der Waals surface area contributed by atoms with Crippen LogP contribution in [-0.4, -0.2) is 16.9 Å². The van der Waals surface area contributed by atoms with Crippen LogP contribution in [0.2, 0.25) is 0 Å². The van der Waals surface area contributed by atoms with Gasteiger partial charge in [0.25, 0.3) is 0 Å². The van der Waals surface area contributed by atoms with E-state index in [1.165, 1.54) is 11.1 Å². The third kappa shape index (κ3) is 3.28. The molecule has 0 radical (unpaired) electrons. The second kappa shape index (κ2) is 5.78. The molecule has 2 aromatic rings. The number of anilines is 1. The summed E-state index contributed by atoms with van der Waals surface area (Å²) in [6.45, 7) is 7.08. The van der Waals surface area contributed by atoms with Crippen LogP contribution in [0.3, 0.4) is 0 Å². The highest BCUT2D eigenvalue weighted by molar-refractivity contribution is 5.43. The van der Waals surface area contributed by atoms with Crippen molar-refractivity contribution < 1.29 is 4.74 Å². The Labute approximate surface area is 114 Å². The molecular weight excluding hydrogens is 238 g/mol. The fourth-order valence-corrected chi connectivity index (χ4v) is 1.85. The average Bonchev–Trinajstić information content (AvgIpc) is 2.79. The zero-order valence-corrected chi connectivity index (χ0v) is 12.0. The van der Waals surface area contributed by atoms with Gasteiger partial charge in [-0.1, -0.05) is 12.1 Å². The number of nitrogens with one attached hydrogen (secondary N) is 1. The minimum absolute atomic E-state index is 0.384. The molecule has 4 nitrogen and oxygen atoms in total. The summed E-state index contributed by atoms with van der Waals surface area (Å²) in [6.07, 6.45) is 2.07. The zero-order chi connectivity index (χ0) is 13.8. The fourth-order valence-electron chi connectivity index (χ4n) is 1.85. The Morgan fingerprint density at radius 2 is 1.95 bits per heavy atom. The monoisotopic (exact) mass is 259 g/mol. The predicted molar refractivity (Wildman–Crippen MR) is 77.7 cm³/mol. The van der Waals surface area contributed by atoms with Gasteiger partial charge in [-0.15, -0.1) is 0 Å². The number of benzene rings is 1. The van der Waals surface area contributed by atoms with Crippen LogP contribution in [0.5, 0.6) is 5.75 Å². The van der Waals surface area contributed by atoms with Crippen LogP contribution in [0, 0.1) is 6.92 Å². The topological polar surface area (TPSA) is 39.1 Å². The van der Waals surface area contributed by atoms with Crippen molar-refractivity contribution in [2.45, 2.75) is 33.4 Å². The Kier molecular flexibility index (Phi) is 4.10. The highest BCUT2D eigenvalue weighted by Gasteiger charge is 2.06. The molecule has 1 N–H and O–H groups in total. The number of methoxy groups -OCH3 is 1. The Balaban J connectivity index is 2.01. The lowest BCUT2D eigenvalue weighted by Crippen LogP contribution is -2.04. The molecule has 0 atom stereocenters. The van der Waals surface area contributed by atoms with Crippen LogP contribution in [0.1, 0.15) is 31.0 Å². The van der Waals surface area contributed by atoms with Crippen molar-refractivity contribution in [3.05, 3.63) is 41.6 Å². The first kappa shape index (κ1) is 13.5. The summed E-state index contributed by atoms with van der Waals surface area (Å²) in [5, 5.41) is 7.91. The predicted octanol–water partition coefficient (Wildman–Crippen LogP) is 3.39. The second-order valence-electron chi connectivity index (χ2n) is 4.94. The van der Waals surface area contributed by atoms with Gasteiger partial charge in [0, 0.05) is 24.3 Å². The third-order valence-electron chi connectivity index (χ3n) is 3.06. The van der Waals surface area contributed by atoms with Crippen LogP contribution in [0.4, 0.5) is 5.82 Å². The quantitative estimate of drug-likeness (QED) is 0.894. The largest absolute Gasteiger partial charge is 0.497 e. The molecule has 0 aliphatic rings. The first-order valence-electron chi connectivity index (χ1n) is 6.52. The van der Waals surface area contributed by atoms with Crippen molar-refractivity contribution >= 4 is 5.82 Å². The van der Waals surface area contributed by atoms with E-state index in [4.69, 9.17) is 4.74 Å². The number of ether oxygens (including phenoxy) is 1. The zero-order valence-electron chi connectivity index (χ0n) is 12.0. The van der Waals surface area contributed by atoms with E-state index in [2.05, 4.69) is 49.5 Å². The molecule has 0 aliphatic carbocycles. The molecule has 102 valence electrons. The lowest BCUT2D eigenvalue weighted by Gasteiger charge is -2.06. The number of hydrogen-bond acceptors (Lipinski definition) is 3. The Hall–Kier alpha value is -1.97. The highest BCUT2D eigenvalue weighted by atomic mass is 16.5. The molecule has 1 heterocycles.